The Kier molecular flexibility index (Phi) is 5.18. The maximum absolute atomic E-state index is 12.3. The fourth-order valence-corrected chi connectivity index (χ4v) is 3.29. The molecule has 0 radical (unpaired) electrons. The number of carbonyl (C=O) groups is 2. The summed E-state index contributed by atoms with van der Waals surface area (Å²) in [5, 5.41) is 6.90. The van der Waals surface area contributed by atoms with E-state index in [-0.39, 0.29) is 23.9 Å². The van der Waals surface area contributed by atoms with Crippen molar-refractivity contribution in [2.45, 2.75) is 63.5 Å². The van der Waals surface area contributed by atoms with Crippen LogP contribution in [0.15, 0.2) is 10.6 Å². The molecule has 2 amide bonds. The fraction of sp³-hybridized carbons (Fsp3) is 0.706. The van der Waals surface area contributed by atoms with E-state index in [0.29, 0.717) is 31.1 Å². The van der Waals surface area contributed by atoms with E-state index in [1.165, 1.54) is 0 Å². The number of nitrogens with one attached hydrogen (secondary N) is 1. The van der Waals surface area contributed by atoms with Crippen LogP contribution in [0.3, 0.4) is 0 Å². The Morgan fingerprint density at radius 3 is 2.88 bits per heavy atom. The van der Waals surface area contributed by atoms with Crippen LogP contribution in [-0.4, -0.2) is 47.0 Å². The van der Waals surface area contributed by atoms with Crippen LogP contribution in [0.5, 0.6) is 0 Å². The Labute approximate surface area is 141 Å². The molecule has 1 aliphatic carbocycles. The van der Waals surface area contributed by atoms with Gasteiger partial charge in [-0.15, -0.1) is 0 Å². The molecule has 1 saturated heterocycles. The fourth-order valence-electron chi connectivity index (χ4n) is 3.29. The SMILES string of the molecule is C[C@H]1CC(NC(=O)c2cc(C3CC3)on2)CCN1C(=O)CCCN. The van der Waals surface area contributed by atoms with Crippen LogP contribution in [0.2, 0.25) is 0 Å². The highest BCUT2D eigenvalue weighted by atomic mass is 16.5. The van der Waals surface area contributed by atoms with Crippen molar-refractivity contribution in [1.82, 2.24) is 15.4 Å². The molecule has 1 aliphatic heterocycles. The molecule has 1 aromatic heterocycles. The zero-order valence-corrected chi connectivity index (χ0v) is 14.2. The molecule has 1 saturated carbocycles. The van der Waals surface area contributed by atoms with Crippen molar-refractivity contribution in [1.29, 1.82) is 0 Å². The molecule has 24 heavy (non-hydrogen) atoms. The predicted octanol–water partition coefficient (Wildman–Crippen LogP) is 1.40. The van der Waals surface area contributed by atoms with E-state index in [0.717, 1.165) is 37.9 Å². The number of nitrogens with two attached hydrogens (primary N) is 1. The van der Waals surface area contributed by atoms with Gasteiger partial charge in [0.2, 0.25) is 5.91 Å². The highest BCUT2D eigenvalue weighted by molar-refractivity contribution is 5.92. The summed E-state index contributed by atoms with van der Waals surface area (Å²) < 4.78 is 5.23. The van der Waals surface area contributed by atoms with E-state index in [9.17, 15) is 9.59 Å². The molecule has 7 heteroatoms. The van der Waals surface area contributed by atoms with Gasteiger partial charge in [0.05, 0.1) is 0 Å². The summed E-state index contributed by atoms with van der Waals surface area (Å²) in [6, 6.07) is 1.93. The Hall–Kier alpha value is -1.89. The molecule has 2 fully saturated rings. The molecule has 1 aromatic rings. The van der Waals surface area contributed by atoms with Gasteiger partial charge in [-0.1, -0.05) is 5.16 Å². The zero-order valence-electron chi connectivity index (χ0n) is 14.2. The average Bonchev–Trinajstić information content (AvgIpc) is 3.29. The molecule has 132 valence electrons. The lowest BCUT2D eigenvalue weighted by atomic mass is 9.97. The predicted molar refractivity (Wildman–Crippen MR) is 88.4 cm³/mol. The topological polar surface area (TPSA) is 101 Å². The molecule has 1 unspecified atom stereocenters. The minimum atomic E-state index is -0.189. The Bertz CT molecular complexity index is 596. The molecule has 0 spiro atoms. The lowest BCUT2D eigenvalue weighted by molar-refractivity contribution is -0.134. The average molecular weight is 334 g/mol. The van der Waals surface area contributed by atoms with Crippen LogP contribution >= 0.6 is 0 Å². The van der Waals surface area contributed by atoms with Crippen LogP contribution in [0.4, 0.5) is 0 Å². The second-order valence-electron chi connectivity index (χ2n) is 6.91. The lowest BCUT2D eigenvalue weighted by Crippen LogP contribution is -2.51. The smallest absolute Gasteiger partial charge is 0.273 e. The van der Waals surface area contributed by atoms with Gasteiger partial charge in [-0.3, -0.25) is 9.59 Å². The monoisotopic (exact) mass is 334 g/mol. The highest BCUT2D eigenvalue weighted by Gasteiger charge is 2.31. The van der Waals surface area contributed by atoms with E-state index in [2.05, 4.69) is 10.5 Å². The molecule has 2 atom stereocenters. The third kappa shape index (κ3) is 3.95. The molecule has 0 aromatic carbocycles. The molecule has 7 nitrogen and oxygen atoms in total. The highest BCUT2D eigenvalue weighted by Crippen LogP contribution is 2.40. The summed E-state index contributed by atoms with van der Waals surface area (Å²) in [5.41, 5.74) is 5.82. The number of nitrogens with zero attached hydrogens (tertiary/aromatic N) is 2. The molecule has 2 heterocycles. The normalized spacial score (nSPS) is 24.0. The zero-order chi connectivity index (χ0) is 17.1. The quantitative estimate of drug-likeness (QED) is 0.819. The second-order valence-corrected chi connectivity index (χ2v) is 6.91. The van der Waals surface area contributed by atoms with Gasteiger partial charge in [0.25, 0.3) is 5.91 Å². The molecule has 3 N–H and O–H groups in total. The van der Waals surface area contributed by atoms with E-state index in [1.807, 2.05) is 11.8 Å². The van der Waals surface area contributed by atoms with Crippen molar-refractivity contribution < 1.29 is 14.1 Å². The number of aromatic nitrogens is 1. The minimum Gasteiger partial charge on any atom is -0.360 e. The van der Waals surface area contributed by atoms with E-state index < -0.39 is 0 Å². The van der Waals surface area contributed by atoms with Crippen molar-refractivity contribution >= 4 is 11.8 Å². The van der Waals surface area contributed by atoms with Crippen LogP contribution in [0, 0.1) is 0 Å². The first kappa shape index (κ1) is 17.0. The molecular weight excluding hydrogens is 308 g/mol. The van der Waals surface area contributed by atoms with Gasteiger partial charge in [-0.05, 0) is 45.6 Å². The Balaban J connectivity index is 1.49. The number of likely N-dealkylation sites (tertiary alicyclic amines) is 1. The number of piperidine rings is 1. The molecule has 2 aliphatic rings. The van der Waals surface area contributed by atoms with Gasteiger partial charge in [0.15, 0.2) is 5.69 Å². The van der Waals surface area contributed by atoms with Crippen LogP contribution < -0.4 is 11.1 Å². The van der Waals surface area contributed by atoms with Gasteiger partial charge in [0, 0.05) is 37.0 Å². The third-order valence-corrected chi connectivity index (χ3v) is 4.87. The van der Waals surface area contributed by atoms with Gasteiger partial charge >= 0.3 is 0 Å². The van der Waals surface area contributed by atoms with Crippen LogP contribution in [0.1, 0.15) is 67.6 Å². The van der Waals surface area contributed by atoms with E-state index >= 15 is 0 Å². The van der Waals surface area contributed by atoms with Crippen molar-refractivity contribution in [3.05, 3.63) is 17.5 Å². The molecule has 3 rings (SSSR count). The van der Waals surface area contributed by atoms with E-state index in [1.54, 1.807) is 6.07 Å². The number of hydrogen-bond acceptors (Lipinski definition) is 5. The van der Waals surface area contributed by atoms with Gasteiger partial charge in [0.1, 0.15) is 5.76 Å². The van der Waals surface area contributed by atoms with E-state index in [4.69, 9.17) is 10.3 Å². The first-order valence-corrected chi connectivity index (χ1v) is 8.85. The largest absolute Gasteiger partial charge is 0.360 e. The standard InChI is InChI=1S/C17H26N4O3/c1-11-9-13(6-8-21(11)16(22)3-2-7-18)19-17(23)14-10-15(24-20-14)12-4-5-12/h10-13H,2-9,18H2,1H3,(H,19,23)/t11-,13?/m0/s1. The summed E-state index contributed by atoms with van der Waals surface area (Å²) in [5.74, 6) is 1.23. The lowest BCUT2D eigenvalue weighted by Gasteiger charge is -2.38. The number of carbonyl (C=O) groups excluding carboxylic acids is 2. The first-order chi connectivity index (χ1) is 11.6. The Morgan fingerprint density at radius 2 is 2.21 bits per heavy atom. The third-order valence-electron chi connectivity index (χ3n) is 4.87. The van der Waals surface area contributed by atoms with Gasteiger partial charge < -0.3 is 20.5 Å². The van der Waals surface area contributed by atoms with Gasteiger partial charge in [-0.2, -0.15) is 0 Å². The van der Waals surface area contributed by atoms with Gasteiger partial charge in [-0.25, -0.2) is 0 Å². The first-order valence-electron chi connectivity index (χ1n) is 8.85. The maximum atomic E-state index is 12.3. The van der Waals surface area contributed by atoms with Crippen molar-refractivity contribution in [2.75, 3.05) is 13.1 Å². The summed E-state index contributed by atoms with van der Waals surface area (Å²) in [6.45, 7) is 3.23. The number of rotatable bonds is 6. The summed E-state index contributed by atoms with van der Waals surface area (Å²) in [6.07, 6.45) is 4.97. The minimum absolute atomic E-state index is 0.0622. The van der Waals surface area contributed by atoms with Crippen molar-refractivity contribution in [3.8, 4) is 0 Å². The van der Waals surface area contributed by atoms with Crippen molar-refractivity contribution in [3.63, 3.8) is 0 Å². The number of hydrogen-bond donors (Lipinski definition) is 2. The maximum Gasteiger partial charge on any atom is 0.273 e. The summed E-state index contributed by atoms with van der Waals surface area (Å²) in [4.78, 5) is 26.4. The molecular formula is C17H26N4O3. The number of amides is 2. The summed E-state index contributed by atoms with van der Waals surface area (Å²) in [7, 11) is 0. The van der Waals surface area contributed by atoms with Crippen LogP contribution in [0.25, 0.3) is 0 Å². The molecule has 0 bridgehead atoms. The Morgan fingerprint density at radius 1 is 1.42 bits per heavy atom. The van der Waals surface area contributed by atoms with Crippen LogP contribution in [-0.2, 0) is 4.79 Å². The van der Waals surface area contributed by atoms with Crippen molar-refractivity contribution in [2.24, 2.45) is 5.73 Å². The summed E-state index contributed by atoms with van der Waals surface area (Å²) >= 11 is 0. The second kappa shape index (κ2) is 7.34.